The topological polar surface area (TPSA) is 68.0 Å². The lowest BCUT2D eigenvalue weighted by Crippen LogP contribution is -2.15. The second kappa shape index (κ2) is 6.00. The number of nitrogens with two attached hydrogens (primary N) is 1. The molecule has 1 heterocycles. The Hall–Kier alpha value is -2.36. The molecule has 0 radical (unpaired) electrons. The van der Waals surface area contributed by atoms with Gasteiger partial charge in [0.05, 0.1) is 5.56 Å². The van der Waals surface area contributed by atoms with Gasteiger partial charge in [0.2, 0.25) is 0 Å². The summed E-state index contributed by atoms with van der Waals surface area (Å²) in [5.41, 5.74) is 8.22. The monoisotopic (exact) mass is 255 g/mol. The van der Waals surface area contributed by atoms with Gasteiger partial charge in [0, 0.05) is 12.7 Å². The smallest absolute Gasteiger partial charge is 0.252 e. The van der Waals surface area contributed by atoms with Crippen LogP contribution in [0.2, 0.25) is 0 Å². The predicted octanol–water partition coefficient (Wildman–Crippen LogP) is 2.35. The molecule has 0 fully saturated rings. The first-order valence-electron chi connectivity index (χ1n) is 6.28. The Balaban J connectivity index is 2.17. The van der Waals surface area contributed by atoms with E-state index in [1.165, 1.54) is 11.1 Å². The standard InChI is InChI=1S/C15H17N3O/c1-2-11-6-3-4-7-12(11)10-18-15-13(14(16)19)8-5-9-17-15/h3-9H,2,10H2,1H3,(H2,16,19)(H,17,18). The van der Waals surface area contributed by atoms with Gasteiger partial charge in [0.25, 0.3) is 5.91 Å². The molecule has 0 bridgehead atoms. The molecule has 3 N–H and O–H groups in total. The Labute approximate surface area is 112 Å². The van der Waals surface area contributed by atoms with Gasteiger partial charge in [-0.25, -0.2) is 4.98 Å². The third kappa shape index (κ3) is 3.10. The fourth-order valence-corrected chi connectivity index (χ4v) is 2.00. The Bertz CT molecular complexity index is 581. The second-order valence-corrected chi connectivity index (χ2v) is 4.24. The molecule has 0 saturated carbocycles. The zero-order valence-electron chi connectivity index (χ0n) is 10.9. The lowest BCUT2D eigenvalue weighted by molar-refractivity contribution is 0.100. The van der Waals surface area contributed by atoms with Crippen LogP contribution in [0.1, 0.15) is 28.4 Å². The fraction of sp³-hybridized carbons (Fsp3) is 0.200. The van der Waals surface area contributed by atoms with E-state index in [-0.39, 0.29) is 0 Å². The maximum Gasteiger partial charge on any atom is 0.252 e. The SMILES string of the molecule is CCc1ccccc1CNc1ncccc1C(N)=O. The number of carbonyl (C=O) groups excluding carboxylic acids is 1. The molecular formula is C15H17N3O. The minimum absolute atomic E-state index is 0.413. The molecule has 1 aromatic carbocycles. The van der Waals surface area contributed by atoms with E-state index in [4.69, 9.17) is 5.73 Å². The largest absolute Gasteiger partial charge is 0.365 e. The molecule has 0 saturated heterocycles. The summed E-state index contributed by atoms with van der Waals surface area (Å²) in [5.74, 6) is 0.0558. The van der Waals surface area contributed by atoms with E-state index in [2.05, 4.69) is 29.4 Å². The maximum atomic E-state index is 11.3. The summed E-state index contributed by atoms with van der Waals surface area (Å²) in [7, 11) is 0. The van der Waals surface area contributed by atoms with Crippen LogP contribution in [-0.4, -0.2) is 10.9 Å². The normalized spacial score (nSPS) is 10.2. The quantitative estimate of drug-likeness (QED) is 0.861. The molecule has 2 rings (SSSR count). The first-order valence-corrected chi connectivity index (χ1v) is 6.28. The summed E-state index contributed by atoms with van der Waals surface area (Å²) in [4.78, 5) is 15.5. The van der Waals surface area contributed by atoms with E-state index < -0.39 is 5.91 Å². The predicted molar refractivity (Wildman–Crippen MR) is 75.9 cm³/mol. The van der Waals surface area contributed by atoms with E-state index in [1.54, 1.807) is 18.3 Å². The number of aryl methyl sites for hydroxylation is 1. The Morgan fingerprint density at radius 1 is 1.21 bits per heavy atom. The van der Waals surface area contributed by atoms with Crippen LogP contribution in [0.4, 0.5) is 5.82 Å². The average Bonchev–Trinajstić information content (AvgIpc) is 2.45. The van der Waals surface area contributed by atoms with Crippen LogP contribution < -0.4 is 11.1 Å². The first-order chi connectivity index (χ1) is 9.22. The molecule has 4 heteroatoms. The highest BCUT2D eigenvalue weighted by molar-refractivity contribution is 5.97. The molecule has 2 aromatic rings. The van der Waals surface area contributed by atoms with Crippen molar-refractivity contribution < 1.29 is 4.79 Å². The average molecular weight is 255 g/mol. The Morgan fingerprint density at radius 2 is 1.95 bits per heavy atom. The van der Waals surface area contributed by atoms with Crippen molar-refractivity contribution in [1.29, 1.82) is 0 Å². The van der Waals surface area contributed by atoms with Gasteiger partial charge in [-0.1, -0.05) is 31.2 Å². The van der Waals surface area contributed by atoms with Gasteiger partial charge >= 0.3 is 0 Å². The summed E-state index contributed by atoms with van der Waals surface area (Å²) in [5, 5.41) is 3.17. The number of carbonyl (C=O) groups is 1. The zero-order chi connectivity index (χ0) is 13.7. The number of hydrogen-bond donors (Lipinski definition) is 2. The van der Waals surface area contributed by atoms with Gasteiger partial charge in [-0.2, -0.15) is 0 Å². The fourth-order valence-electron chi connectivity index (χ4n) is 2.00. The van der Waals surface area contributed by atoms with Crippen molar-refractivity contribution in [3.63, 3.8) is 0 Å². The van der Waals surface area contributed by atoms with Crippen molar-refractivity contribution >= 4 is 11.7 Å². The third-order valence-corrected chi connectivity index (χ3v) is 3.02. The molecule has 19 heavy (non-hydrogen) atoms. The molecule has 1 amide bonds. The van der Waals surface area contributed by atoms with Gasteiger partial charge in [0.15, 0.2) is 0 Å². The molecule has 98 valence electrons. The molecule has 0 aliphatic heterocycles. The van der Waals surface area contributed by atoms with Gasteiger partial charge in [-0.3, -0.25) is 4.79 Å². The first kappa shape index (κ1) is 13.1. The van der Waals surface area contributed by atoms with Crippen LogP contribution in [0.25, 0.3) is 0 Å². The van der Waals surface area contributed by atoms with Crippen molar-refractivity contribution in [2.45, 2.75) is 19.9 Å². The number of nitrogens with one attached hydrogen (secondary N) is 1. The van der Waals surface area contributed by atoms with Gasteiger partial charge in [-0.05, 0) is 29.7 Å². The Morgan fingerprint density at radius 3 is 2.63 bits per heavy atom. The molecule has 0 unspecified atom stereocenters. The number of benzene rings is 1. The van der Waals surface area contributed by atoms with Crippen LogP contribution in [-0.2, 0) is 13.0 Å². The van der Waals surface area contributed by atoms with Gasteiger partial charge in [-0.15, -0.1) is 0 Å². The summed E-state index contributed by atoms with van der Waals surface area (Å²) in [6, 6.07) is 11.6. The van der Waals surface area contributed by atoms with Crippen LogP contribution in [0.5, 0.6) is 0 Å². The van der Waals surface area contributed by atoms with Crippen molar-refractivity contribution in [2.75, 3.05) is 5.32 Å². The number of aromatic nitrogens is 1. The summed E-state index contributed by atoms with van der Waals surface area (Å²) >= 11 is 0. The number of rotatable bonds is 5. The number of amides is 1. The highest BCUT2D eigenvalue weighted by atomic mass is 16.1. The van der Waals surface area contributed by atoms with E-state index in [0.29, 0.717) is 17.9 Å². The molecule has 0 atom stereocenters. The molecule has 4 nitrogen and oxygen atoms in total. The highest BCUT2D eigenvalue weighted by Gasteiger charge is 2.08. The van der Waals surface area contributed by atoms with Crippen LogP contribution in [0.15, 0.2) is 42.6 Å². The van der Waals surface area contributed by atoms with Gasteiger partial charge < -0.3 is 11.1 Å². The van der Waals surface area contributed by atoms with Crippen molar-refractivity contribution in [2.24, 2.45) is 5.73 Å². The molecule has 0 aliphatic rings. The summed E-state index contributed by atoms with van der Waals surface area (Å²) in [6.45, 7) is 2.75. The molecule has 1 aromatic heterocycles. The molecular weight excluding hydrogens is 238 g/mol. The minimum Gasteiger partial charge on any atom is -0.365 e. The van der Waals surface area contributed by atoms with Crippen molar-refractivity contribution in [3.05, 3.63) is 59.3 Å². The number of nitrogens with zero attached hydrogens (tertiary/aromatic N) is 1. The van der Waals surface area contributed by atoms with Crippen LogP contribution >= 0.6 is 0 Å². The lowest BCUT2D eigenvalue weighted by Gasteiger charge is -2.11. The van der Waals surface area contributed by atoms with Crippen LogP contribution in [0, 0.1) is 0 Å². The van der Waals surface area contributed by atoms with Crippen LogP contribution in [0.3, 0.4) is 0 Å². The van der Waals surface area contributed by atoms with E-state index in [1.807, 2.05) is 12.1 Å². The van der Waals surface area contributed by atoms with Crippen molar-refractivity contribution in [1.82, 2.24) is 4.98 Å². The van der Waals surface area contributed by atoms with Crippen molar-refractivity contribution in [3.8, 4) is 0 Å². The molecule has 0 aliphatic carbocycles. The number of hydrogen-bond acceptors (Lipinski definition) is 3. The summed E-state index contributed by atoms with van der Waals surface area (Å²) < 4.78 is 0. The second-order valence-electron chi connectivity index (χ2n) is 4.24. The number of pyridine rings is 1. The zero-order valence-corrected chi connectivity index (χ0v) is 10.9. The summed E-state index contributed by atoms with van der Waals surface area (Å²) in [6.07, 6.45) is 2.61. The number of primary amides is 1. The number of anilines is 1. The van der Waals surface area contributed by atoms with Gasteiger partial charge in [0.1, 0.15) is 5.82 Å². The van der Waals surface area contributed by atoms with E-state index >= 15 is 0 Å². The molecule has 0 spiro atoms. The van der Waals surface area contributed by atoms with E-state index in [0.717, 1.165) is 6.42 Å². The lowest BCUT2D eigenvalue weighted by atomic mass is 10.1. The Kier molecular flexibility index (Phi) is 4.13. The highest BCUT2D eigenvalue weighted by Crippen LogP contribution is 2.14. The maximum absolute atomic E-state index is 11.3. The minimum atomic E-state index is -0.473. The van der Waals surface area contributed by atoms with E-state index in [9.17, 15) is 4.79 Å². The third-order valence-electron chi connectivity index (χ3n) is 3.02.